The summed E-state index contributed by atoms with van der Waals surface area (Å²) in [5, 5.41) is 11.9. The van der Waals surface area contributed by atoms with Gasteiger partial charge in [-0.2, -0.15) is 0 Å². The fourth-order valence-corrected chi connectivity index (χ4v) is 3.39. The fourth-order valence-electron chi connectivity index (χ4n) is 2.78. The Morgan fingerprint density at radius 3 is 2.76 bits per heavy atom. The molecular weight excluding hydrogens is 286 g/mol. The smallest absolute Gasteiger partial charge is 0.220 e. The Balaban J connectivity index is 1.72. The SMILES string of the molecule is CCCN1CCC(CC(=O)N[C@H](C)c2nnc(N)s2)CC1. The highest BCUT2D eigenvalue weighted by Crippen LogP contribution is 2.22. The van der Waals surface area contributed by atoms with E-state index >= 15 is 0 Å². The summed E-state index contributed by atoms with van der Waals surface area (Å²) in [4.78, 5) is 14.6. The Kier molecular flexibility index (Phi) is 5.93. The Labute approximate surface area is 130 Å². The van der Waals surface area contributed by atoms with Crippen molar-refractivity contribution in [2.24, 2.45) is 5.92 Å². The summed E-state index contributed by atoms with van der Waals surface area (Å²) in [6.45, 7) is 7.54. The lowest BCUT2D eigenvalue weighted by molar-refractivity contribution is -0.123. The van der Waals surface area contributed by atoms with Crippen molar-refractivity contribution in [2.75, 3.05) is 25.4 Å². The normalized spacial score (nSPS) is 18.6. The maximum atomic E-state index is 12.1. The molecule has 2 rings (SSSR count). The number of nitrogens with zero attached hydrogens (tertiary/aromatic N) is 3. The summed E-state index contributed by atoms with van der Waals surface area (Å²) in [6, 6.07) is -0.118. The lowest BCUT2D eigenvalue weighted by Gasteiger charge is -2.31. The number of amides is 1. The third kappa shape index (κ3) is 4.93. The number of nitrogens with two attached hydrogens (primary N) is 1. The van der Waals surface area contributed by atoms with Crippen molar-refractivity contribution in [3.8, 4) is 0 Å². The summed E-state index contributed by atoms with van der Waals surface area (Å²) in [5.74, 6) is 0.606. The average Bonchev–Trinajstić information content (AvgIpc) is 2.88. The standard InChI is InChI=1S/C14H25N5OS/c1-3-6-19-7-4-11(5-8-19)9-12(20)16-10(2)13-17-18-14(15)21-13/h10-11H,3-9H2,1-2H3,(H2,15,18)(H,16,20)/t10-/m1/s1. The molecule has 0 spiro atoms. The summed E-state index contributed by atoms with van der Waals surface area (Å²) in [5.41, 5.74) is 5.56. The van der Waals surface area contributed by atoms with Gasteiger partial charge in [0.1, 0.15) is 5.01 Å². The van der Waals surface area contributed by atoms with Gasteiger partial charge in [0, 0.05) is 6.42 Å². The monoisotopic (exact) mass is 311 g/mol. The van der Waals surface area contributed by atoms with Crippen molar-refractivity contribution in [3.05, 3.63) is 5.01 Å². The van der Waals surface area contributed by atoms with Gasteiger partial charge in [-0.15, -0.1) is 10.2 Å². The number of rotatable bonds is 6. The number of anilines is 1. The number of hydrogen-bond donors (Lipinski definition) is 2. The minimum atomic E-state index is -0.118. The zero-order valence-corrected chi connectivity index (χ0v) is 13.7. The molecule has 3 N–H and O–H groups in total. The Hall–Kier alpha value is -1.21. The van der Waals surface area contributed by atoms with Crippen LogP contribution < -0.4 is 11.1 Å². The molecule has 1 atom stereocenters. The van der Waals surface area contributed by atoms with Crippen molar-refractivity contribution < 1.29 is 4.79 Å². The van der Waals surface area contributed by atoms with Crippen molar-refractivity contribution >= 4 is 22.4 Å². The van der Waals surface area contributed by atoms with E-state index in [1.54, 1.807) is 0 Å². The van der Waals surface area contributed by atoms with Gasteiger partial charge >= 0.3 is 0 Å². The maximum Gasteiger partial charge on any atom is 0.220 e. The van der Waals surface area contributed by atoms with Gasteiger partial charge in [-0.3, -0.25) is 4.79 Å². The molecule has 1 saturated heterocycles. The largest absolute Gasteiger partial charge is 0.374 e. The number of carbonyl (C=O) groups is 1. The summed E-state index contributed by atoms with van der Waals surface area (Å²) in [7, 11) is 0. The van der Waals surface area contributed by atoms with Gasteiger partial charge in [0.05, 0.1) is 6.04 Å². The quantitative estimate of drug-likeness (QED) is 0.837. The summed E-state index contributed by atoms with van der Waals surface area (Å²) in [6.07, 6.45) is 4.05. The zero-order valence-electron chi connectivity index (χ0n) is 12.8. The number of piperidine rings is 1. The Bertz CT molecular complexity index is 456. The molecule has 0 bridgehead atoms. The Morgan fingerprint density at radius 2 is 2.19 bits per heavy atom. The lowest BCUT2D eigenvalue weighted by atomic mass is 9.93. The van der Waals surface area contributed by atoms with Gasteiger partial charge in [0.2, 0.25) is 11.0 Å². The van der Waals surface area contributed by atoms with Crippen molar-refractivity contribution in [2.45, 2.75) is 45.6 Å². The first-order valence-electron chi connectivity index (χ1n) is 7.69. The second-order valence-corrected chi connectivity index (χ2v) is 6.80. The van der Waals surface area contributed by atoms with Gasteiger partial charge in [0.15, 0.2) is 0 Å². The molecule has 1 amide bonds. The topological polar surface area (TPSA) is 84.1 Å². The van der Waals surface area contributed by atoms with Gasteiger partial charge < -0.3 is 16.0 Å². The highest BCUT2D eigenvalue weighted by molar-refractivity contribution is 7.15. The molecule has 7 heteroatoms. The molecule has 0 saturated carbocycles. The number of hydrogen-bond acceptors (Lipinski definition) is 6. The van der Waals surface area contributed by atoms with Crippen LogP contribution in [0.15, 0.2) is 0 Å². The number of nitrogens with one attached hydrogen (secondary N) is 1. The van der Waals surface area contributed by atoms with Crippen LogP contribution in [0, 0.1) is 5.92 Å². The number of carbonyl (C=O) groups excluding carboxylic acids is 1. The fraction of sp³-hybridized carbons (Fsp3) is 0.786. The summed E-state index contributed by atoms with van der Waals surface area (Å²) >= 11 is 1.32. The van der Waals surface area contributed by atoms with Crippen molar-refractivity contribution in [1.29, 1.82) is 0 Å². The van der Waals surface area contributed by atoms with E-state index in [1.165, 1.54) is 24.3 Å². The van der Waals surface area contributed by atoms with Crippen LogP contribution in [0.5, 0.6) is 0 Å². The first kappa shape index (κ1) is 16.2. The van der Waals surface area contributed by atoms with E-state index in [2.05, 4.69) is 27.3 Å². The van der Waals surface area contributed by atoms with Crippen LogP contribution >= 0.6 is 11.3 Å². The zero-order chi connectivity index (χ0) is 15.2. The van der Waals surface area contributed by atoms with E-state index in [0.29, 0.717) is 17.5 Å². The second-order valence-electron chi connectivity index (χ2n) is 5.76. The van der Waals surface area contributed by atoms with Crippen LogP contribution in [0.1, 0.15) is 50.6 Å². The van der Waals surface area contributed by atoms with Crippen LogP contribution in [0.3, 0.4) is 0 Å². The molecule has 0 aromatic carbocycles. The third-order valence-corrected chi connectivity index (χ3v) is 4.86. The van der Waals surface area contributed by atoms with Crippen LogP contribution in [0.25, 0.3) is 0 Å². The van der Waals surface area contributed by atoms with Crippen molar-refractivity contribution in [3.63, 3.8) is 0 Å². The molecule has 1 aliphatic rings. The number of aromatic nitrogens is 2. The molecule has 21 heavy (non-hydrogen) atoms. The van der Waals surface area contributed by atoms with E-state index in [-0.39, 0.29) is 11.9 Å². The molecule has 1 aliphatic heterocycles. The second kappa shape index (κ2) is 7.70. The third-order valence-electron chi connectivity index (χ3n) is 3.93. The predicted octanol–water partition coefficient (Wildman–Crippen LogP) is 1.81. The molecular formula is C14H25N5OS. The highest BCUT2D eigenvalue weighted by atomic mass is 32.1. The van der Waals surface area contributed by atoms with Crippen LogP contribution in [-0.4, -0.2) is 40.6 Å². The lowest BCUT2D eigenvalue weighted by Crippen LogP contribution is -2.36. The molecule has 0 aliphatic carbocycles. The van der Waals surface area contributed by atoms with E-state index in [1.807, 2.05) is 6.92 Å². The van der Waals surface area contributed by atoms with Crippen molar-refractivity contribution in [1.82, 2.24) is 20.4 Å². The molecule has 1 aromatic heterocycles. The Morgan fingerprint density at radius 1 is 1.48 bits per heavy atom. The minimum Gasteiger partial charge on any atom is -0.374 e. The molecule has 0 radical (unpaired) electrons. The first-order chi connectivity index (χ1) is 10.1. The molecule has 2 heterocycles. The van der Waals surface area contributed by atoms with Gasteiger partial charge in [-0.05, 0) is 51.7 Å². The summed E-state index contributed by atoms with van der Waals surface area (Å²) < 4.78 is 0. The van der Waals surface area contributed by atoms with Gasteiger partial charge in [-0.25, -0.2) is 0 Å². The first-order valence-corrected chi connectivity index (χ1v) is 8.50. The van der Waals surface area contributed by atoms with Crippen LogP contribution in [0.2, 0.25) is 0 Å². The molecule has 118 valence electrons. The van der Waals surface area contributed by atoms with Crippen LogP contribution in [0.4, 0.5) is 5.13 Å². The van der Waals surface area contributed by atoms with E-state index in [0.717, 1.165) is 30.9 Å². The maximum absolute atomic E-state index is 12.1. The molecule has 0 unspecified atom stereocenters. The van der Waals surface area contributed by atoms with E-state index in [9.17, 15) is 4.79 Å². The number of likely N-dealkylation sites (tertiary alicyclic amines) is 1. The van der Waals surface area contributed by atoms with Crippen LogP contribution in [-0.2, 0) is 4.79 Å². The van der Waals surface area contributed by atoms with Gasteiger partial charge in [0.25, 0.3) is 0 Å². The van der Waals surface area contributed by atoms with Gasteiger partial charge in [-0.1, -0.05) is 18.3 Å². The number of nitrogen functional groups attached to an aromatic ring is 1. The van der Waals surface area contributed by atoms with E-state index < -0.39 is 0 Å². The molecule has 1 aromatic rings. The average molecular weight is 311 g/mol. The highest BCUT2D eigenvalue weighted by Gasteiger charge is 2.22. The van der Waals surface area contributed by atoms with E-state index in [4.69, 9.17) is 5.73 Å². The predicted molar refractivity (Wildman–Crippen MR) is 85.0 cm³/mol. The minimum absolute atomic E-state index is 0.102. The molecule has 6 nitrogen and oxygen atoms in total. The molecule has 1 fully saturated rings.